The highest BCUT2D eigenvalue weighted by atomic mass is 19.1. The molecule has 1 heterocycles. The molecule has 1 N–H and O–H groups in total. The summed E-state index contributed by atoms with van der Waals surface area (Å²) in [4.78, 5) is 13.8. The Kier molecular flexibility index (Phi) is 3.58. The minimum Gasteiger partial charge on any atom is -0.335 e. The van der Waals surface area contributed by atoms with Crippen LogP contribution in [0.15, 0.2) is 12.1 Å². The van der Waals surface area contributed by atoms with Crippen LogP contribution in [-0.2, 0) is 0 Å². The molecule has 0 aliphatic carbocycles. The number of benzene rings is 1. The third-order valence-corrected chi connectivity index (χ3v) is 3.36. The van der Waals surface area contributed by atoms with Gasteiger partial charge in [-0.2, -0.15) is 0 Å². The van der Waals surface area contributed by atoms with Gasteiger partial charge < -0.3 is 10.2 Å². The molecule has 0 spiro atoms. The SMILES string of the molecule is Cc1ccc(F)c(C(=O)N2CCNC(C)(C)C2)c1F. The number of nitrogens with zero attached hydrogens (tertiary/aromatic N) is 1. The highest BCUT2D eigenvalue weighted by molar-refractivity contribution is 5.95. The molecule has 0 saturated carbocycles. The van der Waals surface area contributed by atoms with Gasteiger partial charge in [-0.3, -0.25) is 4.79 Å². The molecule has 1 amide bonds. The lowest BCUT2D eigenvalue weighted by atomic mass is 10.0. The highest BCUT2D eigenvalue weighted by Crippen LogP contribution is 2.20. The summed E-state index contributed by atoms with van der Waals surface area (Å²) in [5.41, 5.74) is -0.415. The summed E-state index contributed by atoms with van der Waals surface area (Å²) in [5.74, 6) is -2.14. The Morgan fingerprint density at radius 1 is 1.37 bits per heavy atom. The van der Waals surface area contributed by atoms with E-state index in [1.807, 2.05) is 13.8 Å². The second kappa shape index (κ2) is 4.89. The maximum atomic E-state index is 14.0. The molecule has 2 rings (SSSR count). The van der Waals surface area contributed by atoms with E-state index in [0.717, 1.165) is 6.07 Å². The van der Waals surface area contributed by atoms with Crippen molar-refractivity contribution in [3.05, 3.63) is 34.9 Å². The number of piperazine rings is 1. The van der Waals surface area contributed by atoms with Crippen molar-refractivity contribution in [1.29, 1.82) is 0 Å². The number of nitrogens with one attached hydrogen (secondary N) is 1. The first kappa shape index (κ1) is 13.9. The zero-order valence-electron chi connectivity index (χ0n) is 11.4. The van der Waals surface area contributed by atoms with Crippen LogP contribution in [0.4, 0.5) is 8.78 Å². The zero-order valence-corrected chi connectivity index (χ0v) is 11.4. The molecule has 0 bridgehead atoms. The van der Waals surface area contributed by atoms with Gasteiger partial charge in [0, 0.05) is 25.2 Å². The van der Waals surface area contributed by atoms with E-state index in [0.29, 0.717) is 19.6 Å². The molecule has 0 unspecified atom stereocenters. The molecule has 1 saturated heterocycles. The molecule has 5 heteroatoms. The first-order valence-corrected chi connectivity index (χ1v) is 6.31. The van der Waals surface area contributed by atoms with E-state index in [1.165, 1.54) is 17.9 Å². The number of carbonyl (C=O) groups excluding carboxylic acids is 1. The third kappa shape index (κ3) is 2.76. The fraction of sp³-hybridized carbons (Fsp3) is 0.500. The van der Waals surface area contributed by atoms with Crippen LogP contribution >= 0.6 is 0 Å². The quantitative estimate of drug-likeness (QED) is 0.846. The number of aryl methyl sites for hydroxylation is 1. The van der Waals surface area contributed by atoms with Crippen molar-refractivity contribution in [2.75, 3.05) is 19.6 Å². The number of halogens is 2. The average Bonchev–Trinajstić information content (AvgIpc) is 2.33. The number of hydrogen-bond acceptors (Lipinski definition) is 2. The van der Waals surface area contributed by atoms with E-state index >= 15 is 0 Å². The fourth-order valence-corrected chi connectivity index (χ4v) is 2.33. The summed E-state index contributed by atoms with van der Waals surface area (Å²) in [5, 5.41) is 3.25. The minimum absolute atomic E-state index is 0.245. The summed E-state index contributed by atoms with van der Waals surface area (Å²) < 4.78 is 27.7. The highest BCUT2D eigenvalue weighted by Gasteiger charge is 2.31. The normalized spacial score (nSPS) is 18.5. The van der Waals surface area contributed by atoms with Crippen molar-refractivity contribution in [3.63, 3.8) is 0 Å². The number of carbonyl (C=O) groups is 1. The maximum absolute atomic E-state index is 14.0. The molecular formula is C14H18F2N2O. The number of amides is 1. The van der Waals surface area contributed by atoms with Crippen LogP contribution in [0.3, 0.4) is 0 Å². The van der Waals surface area contributed by atoms with Gasteiger partial charge in [0.2, 0.25) is 0 Å². The molecular weight excluding hydrogens is 250 g/mol. The van der Waals surface area contributed by atoms with Gasteiger partial charge in [0.15, 0.2) is 0 Å². The molecule has 0 atom stereocenters. The van der Waals surface area contributed by atoms with Crippen molar-refractivity contribution in [2.24, 2.45) is 0 Å². The molecule has 0 radical (unpaired) electrons. The molecule has 1 aromatic carbocycles. The smallest absolute Gasteiger partial charge is 0.259 e. The van der Waals surface area contributed by atoms with Gasteiger partial charge in [-0.25, -0.2) is 8.78 Å². The lowest BCUT2D eigenvalue weighted by molar-refractivity contribution is 0.0642. The Hall–Kier alpha value is -1.49. The van der Waals surface area contributed by atoms with E-state index in [-0.39, 0.29) is 11.1 Å². The van der Waals surface area contributed by atoms with Gasteiger partial charge in [-0.1, -0.05) is 6.07 Å². The predicted molar refractivity (Wildman–Crippen MR) is 69.1 cm³/mol. The van der Waals surface area contributed by atoms with E-state index in [2.05, 4.69) is 5.32 Å². The predicted octanol–water partition coefficient (Wildman–Crippen LogP) is 2.10. The Labute approximate surface area is 111 Å². The summed E-state index contributed by atoms with van der Waals surface area (Å²) in [6.07, 6.45) is 0. The molecule has 0 aromatic heterocycles. The van der Waals surface area contributed by atoms with Crippen LogP contribution in [0.25, 0.3) is 0 Å². The van der Waals surface area contributed by atoms with Crippen LogP contribution in [-0.4, -0.2) is 36.0 Å². The van der Waals surface area contributed by atoms with E-state index in [1.54, 1.807) is 0 Å². The van der Waals surface area contributed by atoms with Crippen molar-refractivity contribution >= 4 is 5.91 Å². The van der Waals surface area contributed by atoms with Crippen LogP contribution in [0.2, 0.25) is 0 Å². The van der Waals surface area contributed by atoms with Crippen LogP contribution in [0.5, 0.6) is 0 Å². The topological polar surface area (TPSA) is 32.3 Å². The second-order valence-corrected chi connectivity index (χ2v) is 5.59. The average molecular weight is 268 g/mol. The van der Waals surface area contributed by atoms with Crippen molar-refractivity contribution in [1.82, 2.24) is 10.2 Å². The third-order valence-electron chi connectivity index (χ3n) is 3.36. The van der Waals surface area contributed by atoms with Gasteiger partial charge in [0.25, 0.3) is 5.91 Å². The lowest BCUT2D eigenvalue weighted by Crippen LogP contribution is -2.58. The summed E-state index contributed by atoms with van der Waals surface area (Å²) in [6.45, 7) is 6.93. The van der Waals surface area contributed by atoms with Crippen molar-refractivity contribution in [3.8, 4) is 0 Å². The number of hydrogen-bond donors (Lipinski definition) is 1. The first-order chi connectivity index (χ1) is 8.82. The van der Waals surface area contributed by atoms with Crippen LogP contribution < -0.4 is 5.32 Å². The maximum Gasteiger partial charge on any atom is 0.259 e. The zero-order chi connectivity index (χ0) is 14.2. The summed E-state index contributed by atoms with van der Waals surface area (Å²) >= 11 is 0. The van der Waals surface area contributed by atoms with Gasteiger partial charge in [-0.15, -0.1) is 0 Å². The molecule has 1 aliphatic rings. The van der Waals surface area contributed by atoms with Crippen molar-refractivity contribution in [2.45, 2.75) is 26.3 Å². The van der Waals surface area contributed by atoms with Crippen LogP contribution in [0, 0.1) is 18.6 Å². The van der Waals surface area contributed by atoms with E-state index in [9.17, 15) is 13.6 Å². The number of rotatable bonds is 1. The fourth-order valence-electron chi connectivity index (χ4n) is 2.33. The van der Waals surface area contributed by atoms with Gasteiger partial charge in [0.1, 0.15) is 17.2 Å². The molecule has 104 valence electrons. The molecule has 1 fully saturated rings. The Morgan fingerprint density at radius 2 is 2.05 bits per heavy atom. The molecule has 19 heavy (non-hydrogen) atoms. The van der Waals surface area contributed by atoms with Gasteiger partial charge >= 0.3 is 0 Å². The van der Waals surface area contributed by atoms with Gasteiger partial charge in [0.05, 0.1) is 0 Å². The van der Waals surface area contributed by atoms with E-state index < -0.39 is 23.1 Å². The Morgan fingerprint density at radius 3 is 2.68 bits per heavy atom. The summed E-state index contributed by atoms with van der Waals surface area (Å²) in [7, 11) is 0. The molecule has 3 nitrogen and oxygen atoms in total. The largest absolute Gasteiger partial charge is 0.335 e. The standard InChI is InChI=1S/C14H18F2N2O/c1-9-4-5-10(15)11(12(9)16)13(19)18-7-6-17-14(2,3)8-18/h4-5,17H,6-8H2,1-3H3. The molecule has 1 aliphatic heterocycles. The van der Waals surface area contributed by atoms with Gasteiger partial charge in [-0.05, 0) is 32.4 Å². The molecule has 1 aromatic rings. The summed E-state index contributed by atoms with van der Waals surface area (Å²) in [6, 6.07) is 2.47. The lowest BCUT2D eigenvalue weighted by Gasteiger charge is -2.39. The van der Waals surface area contributed by atoms with Crippen molar-refractivity contribution < 1.29 is 13.6 Å². The minimum atomic E-state index is -0.801. The van der Waals surface area contributed by atoms with Crippen LogP contribution in [0.1, 0.15) is 29.8 Å². The second-order valence-electron chi connectivity index (χ2n) is 5.59. The van der Waals surface area contributed by atoms with E-state index in [4.69, 9.17) is 0 Å². The Balaban J connectivity index is 2.32. The first-order valence-electron chi connectivity index (χ1n) is 6.31. The Bertz CT molecular complexity index is 514. The monoisotopic (exact) mass is 268 g/mol.